The van der Waals surface area contributed by atoms with Crippen molar-refractivity contribution in [2.24, 2.45) is 5.92 Å². The number of likely N-dealkylation sites (tertiary alicyclic amines) is 1. The minimum atomic E-state index is 0.185. The molecule has 2 aliphatic rings. The monoisotopic (exact) mass is 480 g/mol. The van der Waals surface area contributed by atoms with Crippen LogP contribution in [-0.4, -0.2) is 53.9 Å². The zero-order chi connectivity index (χ0) is 24.9. The number of anilines is 3. The lowest BCUT2D eigenvalue weighted by Gasteiger charge is -2.28. The van der Waals surface area contributed by atoms with E-state index in [0.717, 1.165) is 61.7 Å². The molecule has 1 aromatic heterocycles. The van der Waals surface area contributed by atoms with Crippen molar-refractivity contribution in [3.05, 3.63) is 65.9 Å². The van der Waals surface area contributed by atoms with Crippen LogP contribution in [0.3, 0.4) is 0 Å². The van der Waals surface area contributed by atoms with Crippen molar-refractivity contribution in [2.75, 3.05) is 43.4 Å². The number of ketones is 1. The summed E-state index contributed by atoms with van der Waals surface area (Å²) >= 11 is 0. The van der Waals surface area contributed by atoms with Crippen LogP contribution in [0.4, 0.5) is 17.3 Å². The zero-order valence-corrected chi connectivity index (χ0v) is 20.8. The first kappa shape index (κ1) is 24.0. The van der Waals surface area contributed by atoms with E-state index >= 15 is 0 Å². The van der Waals surface area contributed by atoms with Gasteiger partial charge in [-0.05, 0) is 82.1 Å². The Labute approximate surface area is 212 Å². The second-order valence-corrected chi connectivity index (χ2v) is 9.88. The Kier molecular flexibility index (Phi) is 7.24. The maximum Gasteiger partial charge on any atom is 0.227 e. The van der Waals surface area contributed by atoms with Crippen LogP contribution in [0.1, 0.15) is 48.0 Å². The fourth-order valence-corrected chi connectivity index (χ4v) is 5.14. The van der Waals surface area contributed by atoms with E-state index in [0.29, 0.717) is 29.4 Å². The molecule has 1 N–H and O–H groups in total. The highest BCUT2D eigenvalue weighted by Gasteiger charge is 2.21. The van der Waals surface area contributed by atoms with Gasteiger partial charge in [0.25, 0.3) is 0 Å². The van der Waals surface area contributed by atoms with Crippen LogP contribution in [0.25, 0.3) is 11.3 Å². The molecule has 2 aliphatic heterocycles. The van der Waals surface area contributed by atoms with Crippen LogP contribution in [0, 0.1) is 17.2 Å². The first-order valence-electron chi connectivity index (χ1n) is 12.8. The summed E-state index contributed by atoms with van der Waals surface area (Å²) in [6.07, 6.45) is 6.79. The van der Waals surface area contributed by atoms with Crippen LogP contribution in [0.15, 0.2) is 54.7 Å². The number of nitrogens with one attached hydrogen (secondary N) is 1. The number of nitrogens with zero attached hydrogens (tertiary/aromatic N) is 5. The van der Waals surface area contributed by atoms with Crippen LogP contribution in [0.2, 0.25) is 0 Å². The predicted molar refractivity (Wildman–Crippen MR) is 143 cm³/mol. The van der Waals surface area contributed by atoms with Crippen LogP contribution < -0.4 is 10.2 Å². The molecule has 36 heavy (non-hydrogen) atoms. The molecule has 0 bridgehead atoms. The fourth-order valence-electron chi connectivity index (χ4n) is 5.14. The van der Waals surface area contributed by atoms with Gasteiger partial charge in [0.1, 0.15) is 6.07 Å². The fraction of sp³-hybridized carbons (Fsp3) is 0.379. The number of benzene rings is 2. The first-order chi connectivity index (χ1) is 17.6. The van der Waals surface area contributed by atoms with Crippen LogP contribution >= 0.6 is 0 Å². The highest BCUT2D eigenvalue weighted by atomic mass is 16.1. The van der Waals surface area contributed by atoms with Gasteiger partial charge in [0, 0.05) is 42.5 Å². The van der Waals surface area contributed by atoms with Gasteiger partial charge in [0.05, 0.1) is 16.9 Å². The summed E-state index contributed by atoms with van der Waals surface area (Å²) in [5.41, 5.74) is 4.77. The van der Waals surface area contributed by atoms with E-state index in [1.165, 1.54) is 12.8 Å². The van der Waals surface area contributed by atoms with Gasteiger partial charge < -0.3 is 15.1 Å². The molecule has 7 nitrogen and oxygen atoms in total. The lowest BCUT2D eigenvalue weighted by Crippen LogP contribution is -2.31. The van der Waals surface area contributed by atoms with Gasteiger partial charge in [-0.3, -0.25) is 4.79 Å². The zero-order valence-electron chi connectivity index (χ0n) is 20.8. The second-order valence-electron chi connectivity index (χ2n) is 9.88. The number of hydrogen-bond donors (Lipinski definition) is 1. The number of aromatic nitrogens is 2. The molecule has 184 valence electrons. The molecule has 0 amide bonds. The topological polar surface area (TPSA) is 85.2 Å². The molecular formula is C29H32N6O. The average Bonchev–Trinajstić information content (AvgIpc) is 3.45. The summed E-state index contributed by atoms with van der Waals surface area (Å²) in [4.78, 5) is 26.6. The number of Topliss-reactive ketones (excluding diaryl/α,β-unsaturated/α-hetero) is 1. The van der Waals surface area contributed by atoms with Crippen molar-refractivity contribution in [1.29, 1.82) is 5.26 Å². The van der Waals surface area contributed by atoms with E-state index in [9.17, 15) is 10.1 Å². The lowest BCUT2D eigenvalue weighted by atomic mass is 9.90. The molecule has 3 heterocycles. The molecule has 0 unspecified atom stereocenters. The third-order valence-electron chi connectivity index (χ3n) is 7.27. The molecule has 2 aromatic carbocycles. The van der Waals surface area contributed by atoms with E-state index in [1.807, 2.05) is 48.5 Å². The maximum absolute atomic E-state index is 12.9. The molecule has 7 heteroatoms. The molecule has 2 saturated heterocycles. The summed E-state index contributed by atoms with van der Waals surface area (Å²) in [5, 5.41) is 13.0. The number of nitriles is 1. The van der Waals surface area contributed by atoms with Crippen molar-refractivity contribution in [2.45, 2.75) is 32.1 Å². The summed E-state index contributed by atoms with van der Waals surface area (Å²) in [6, 6.07) is 17.7. The normalized spacial score (nSPS) is 16.6. The number of hydrogen-bond acceptors (Lipinski definition) is 7. The Bertz CT molecular complexity index is 1270. The highest BCUT2D eigenvalue weighted by Crippen LogP contribution is 2.29. The smallest absolute Gasteiger partial charge is 0.227 e. The lowest BCUT2D eigenvalue weighted by molar-refractivity contribution is 0.0936. The quantitative estimate of drug-likeness (QED) is 0.461. The molecule has 0 spiro atoms. The summed E-state index contributed by atoms with van der Waals surface area (Å²) in [6.45, 7) is 4.11. The van der Waals surface area contributed by atoms with Crippen molar-refractivity contribution in [3.8, 4) is 17.3 Å². The molecule has 0 aliphatic carbocycles. The van der Waals surface area contributed by atoms with E-state index in [-0.39, 0.29) is 5.78 Å². The largest absolute Gasteiger partial charge is 0.370 e. The second kappa shape index (κ2) is 10.9. The summed E-state index contributed by atoms with van der Waals surface area (Å²) < 4.78 is 0. The molecular weight excluding hydrogens is 448 g/mol. The van der Waals surface area contributed by atoms with Crippen molar-refractivity contribution >= 4 is 23.1 Å². The standard InChI is InChI=1S/C29H32N6O/c1-34-15-10-21(11-16-34)17-28(36)23-5-4-6-25(19-23)32-29-31-12-9-26(33-29)22-7-8-27(24(18-22)20-30)35-13-2-3-14-35/h4-9,12,18-19,21H,2-3,10-11,13-17H2,1H3,(H,31,32,33). The van der Waals surface area contributed by atoms with Crippen molar-refractivity contribution in [3.63, 3.8) is 0 Å². The van der Waals surface area contributed by atoms with Crippen LogP contribution in [0.5, 0.6) is 0 Å². The van der Waals surface area contributed by atoms with Gasteiger partial charge >= 0.3 is 0 Å². The minimum Gasteiger partial charge on any atom is -0.370 e. The van der Waals surface area contributed by atoms with Gasteiger partial charge in [0.15, 0.2) is 5.78 Å². The Morgan fingerprint density at radius 3 is 2.67 bits per heavy atom. The number of carbonyl (C=O) groups is 1. The van der Waals surface area contributed by atoms with Gasteiger partial charge in [-0.25, -0.2) is 9.97 Å². The van der Waals surface area contributed by atoms with E-state index in [2.05, 4.69) is 38.2 Å². The van der Waals surface area contributed by atoms with E-state index < -0.39 is 0 Å². The molecule has 0 atom stereocenters. The third-order valence-corrected chi connectivity index (χ3v) is 7.27. The molecule has 0 radical (unpaired) electrons. The van der Waals surface area contributed by atoms with E-state index in [1.54, 1.807) is 6.20 Å². The Hall–Kier alpha value is -3.76. The number of piperidine rings is 1. The van der Waals surface area contributed by atoms with Gasteiger partial charge in [0.2, 0.25) is 5.95 Å². The molecule has 5 rings (SSSR count). The summed E-state index contributed by atoms with van der Waals surface area (Å²) in [5.74, 6) is 1.10. The number of rotatable bonds is 7. The predicted octanol–water partition coefficient (Wildman–Crippen LogP) is 5.27. The molecule has 0 saturated carbocycles. The minimum absolute atomic E-state index is 0.185. The van der Waals surface area contributed by atoms with Crippen molar-refractivity contribution in [1.82, 2.24) is 14.9 Å². The SMILES string of the molecule is CN1CCC(CC(=O)c2cccc(Nc3nccc(-c4ccc(N5CCCC5)c(C#N)c4)n3)c2)CC1. The Balaban J connectivity index is 1.29. The highest BCUT2D eigenvalue weighted by molar-refractivity contribution is 5.97. The van der Waals surface area contributed by atoms with Gasteiger partial charge in [-0.1, -0.05) is 18.2 Å². The average molecular weight is 481 g/mol. The van der Waals surface area contributed by atoms with Gasteiger partial charge in [-0.15, -0.1) is 0 Å². The van der Waals surface area contributed by atoms with Gasteiger partial charge in [-0.2, -0.15) is 5.26 Å². The first-order valence-corrected chi connectivity index (χ1v) is 12.8. The molecule has 2 fully saturated rings. The molecule has 3 aromatic rings. The summed E-state index contributed by atoms with van der Waals surface area (Å²) in [7, 11) is 2.14. The Morgan fingerprint density at radius 1 is 1.08 bits per heavy atom. The third kappa shape index (κ3) is 5.55. The van der Waals surface area contributed by atoms with Crippen LogP contribution in [-0.2, 0) is 0 Å². The van der Waals surface area contributed by atoms with E-state index in [4.69, 9.17) is 0 Å². The maximum atomic E-state index is 12.9. The number of carbonyl (C=O) groups excluding carboxylic acids is 1. The van der Waals surface area contributed by atoms with Crippen molar-refractivity contribution < 1.29 is 4.79 Å². The Morgan fingerprint density at radius 2 is 1.89 bits per heavy atom.